The number of rotatable bonds is 5. The van der Waals surface area contributed by atoms with Crippen molar-refractivity contribution < 1.29 is 14.0 Å². The lowest BCUT2D eigenvalue weighted by Gasteiger charge is -2.24. The summed E-state index contributed by atoms with van der Waals surface area (Å²) in [5, 5.41) is 5.38. The van der Waals surface area contributed by atoms with Crippen LogP contribution in [0.1, 0.15) is 46.9 Å². The lowest BCUT2D eigenvalue weighted by atomic mass is 9.83. The van der Waals surface area contributed by atoms with E-state index in [1.165, 1.54) is 0 Å². The van der Waals surface area contributed by atoms with Gasteiger partial charge in [0.05, 0.1) is 0 Å². The molecular formula is C16H21N3O4. The zero-order chi connectivity index (χ0) is 16.4. The van der Waals surface area contributed by atoms with Crippen LogP contribution in [0.15, 0.2) is 15.3 Å². The Morgan fingerprint density at radius 3 is 2.78 bits per heavy atom. The van der Waals surface area contributed by atoms with Gasteiger partial charge in [-0.2, -0.15) is 0 Å². The molecule has 3 amide bonds. The van der Waals surface area contributed by atoms with Crippen molar-refractivity contribution >= 4 is 11.9 Å². The molecule has 1 aromatic heterocycles. The van der Waals surface area contributed by atoms with Crippen LogP contribution in [-0.2, 0) is 0 Å². The fraction of sp³-hybridized carbons (Fsp3) is 0.562. The van der Waals surface area contributed by atoms with E-state index in [-0.39, 0.29) is 11.6 Å². The predicted molar refractivity (Wildman–Crippen MR) is 83.6 cm³/mol. The highest BCUT2D eigenvalue weighted by atomic mass is 16.4. The van der Waals surface area contributed by atoms with E-state index in [9.17, 15) is 14.4 Å². The third-order valence-corrected chi connectivity index (χ3v) is 4.51. The van der Waals surface area contributed by atoms with Gasteiger partial charge in [0.1, 0.15) is 11.3 Å². The maximum atomic E-state index is 12.2. The van der Waals surface area contributed by atoms with Gasteiger partial charge in [-0.15, -0.1) is 0 Å². The summed E-state index contributed by atoms with van der Waals surface area (Å²) in [7, 11) is 0. The largest absolute Gasteiger partial charge is 0.427 e. The molecule has 0 unspecified atom stereocenters. The second kappa shape index (κ2) is 6.44. The summed E-state index contributed by atoms with van der Waals surface area (Å²) in [6.45, 7) is 3.73. The zero-order valence-electron chi connectivity index (χ0n) is 13.2. The quantitative estimate of drug-likeness (QED) is 0.846. The minimum atomic E-state index is -0.580. The van der Waals surface area contributed by atoms with Crippen LogP contribution in [0.3, 0.4) is 0 Å². The highest BCUT2D eigenvalue weighted by molar-refractivity contribution is 5.95. The third kappa shape index (κ3) is 3.23. The molecular weight excluding hydrogens is 298 g/mol. The van der Waals surface area contributed by atoms with E-state index in [1.54, 1.807) is 17.9 Å². The summed E-state index contributed by atoms with van der Waals surface area (Å²) in [5.41, 5.74) is 0.113. The molecule has 2 fully saturated rings. The normalized spacial score (nSPS) is 17.8. The van der Waals surface area contributed by atoms with Crippen LogP contribution in [0, 0.1) is 6.92 Å². The number of hydrogen-bond donors (Lipinski definition) is 2. The molecule has 3 rings (SSSR count). The summed E-state index contributed by atoms with van der Waals surface area (Å²) in [5.74, 6) is 0.548. The molecule has 0 atom stereocenters. The maximum Gasteiger partial charge on any atom is 0.349 e. The smallest absolute Gasteiger partial charge is 0.349 e. The average Bonchev–Trinajstić information content (AvgIpc) is 2.81. The van der Waals surface area contributed by atoms with Crippen molar-refractivity contribution in [2.75, 3.05) is 26.2 Å². The topological polar surface area (TPSA) is 91.7 Å². The second-order valence-electron chi connectivity index (χ2n) is 6.10. The first kappa shape index (κ1) is 15.6. The number of urea groups is 1. The van der Waals surface area contributed by atoms with E-state index in [0.717, 1.165) is 19.3 Å². The van der Waals surface area contributed by atoms with Gasteiger partial charge in [-0.3, -0.25) is 4.79 Å². The minimum absolute atomic E-state index is 0.0546. The Balaban J connectivity index is 1.62. The molecule has 124 valence electrons. The van der Waals surface area contributed by atoms with Crippen molar-refractivity contribution in [1.29, 1.82) is 0 Å². The number of carbonyl (C=O) groups excluding carboxylic acids is 2. The number of aryl methyl sites for hydroxylation is 1. The first-order valence-corrected chi connectivity index (χ1v) is 8.02. The van der Waals surface area contributed by atoms with Gasteiger partial charge in [0.15, 0.2) is 0 Å². The molecule has 0 spiro atoms. The Bertz CT molecular complexity index is 678. The van der Waals surface area contributed by atoms with Crippen molar-refractivity contribution in [3.05, 3.63) is 33.4 Å². The Hall–Kier alpha value is -2.31. The van der Waals surface area contributed by atoms with Crippen molar-refractivity contribution in [3.63, 3.8) is 0 Å². The van der Waals surface area contributed by atoms with Crippen molar-refractivity contribution in [1.82, 2.24) is 15.5 Å². The van der Waals surface area contributed by atoms with E-state index in [1.807, 2.05) is 0 Å². The first-order valence-electron chi connectivity index (χ1n) is 8.02. The van der Waals surface area contributed by atoms with Crippen LogP contribution in [0.4, 0.5) is 4.79 Å². The number of amides is 3. The summed E-state index contributed by atoms with van der Waals surface area (Å²) < 4.78 is 5.32. The van der Waals surface area contributed by atoms with Gasteiger partial charge < -0.3 is 20.0 Å². The fourth-order valence-electron chi connectivity index (χ4n) is 2.92. The van der Waals surface area contributed by atoms with Gasteiger partial charge in [-0.05, 0) is 31.4 Å². The molecule has 2 N–H and O–H groups in total. The van der Waals surface area contributed by atoms with Gasteiger partial charge in [-0.1, -0.05) is 6.42 Å². The molecule has 23 heavy (non-hydrogen) atoms. The number of nitrogens with zero attached hydrogens (tertiary/aromatic N) is 1. The van der Waals surface area contributed by atoms with Crippen molar-refractivity contribution in [2.45, 2.75) is 32.1 Å². The van der Waals surface area contributed by atoms with Crippen LogP contribution in [0.25, 0.3) is 0 Å². The van der Waals surface area contributed by atoms with Gasteiger partial charge in [0, 0.05) is 32.1 Å². The molecule has 1 aliphatic carbocycles. The standard InChI is InChI=1S/C16H21N3O4/c1-10-9-12(11-3-2-4-11)23-15(21)13(10)14(20)17-5-7-19-8-6-18-16(19)22/h9,11H,2-8H2,1H3,(H,17,20)(H,18,22). The van der Waals surface area contributed by atoms with E-state index in [0.29, 0.717) is 43.4 Å². The van der Waals surface area contributed by atoms with Crippen LogP contribution in [0.5, 0.6) is 0 Å². The molecule has 0 aromatic carbocycles. The number of carbonyl (C=O) groups is 2. The highest BCUT2D eigenvalue weighted by Gasteiger charge is 2.25. The predicted octanol–water partition coefficient (Wildman–Crippen LogP) is 0.971. The minimum Gasteiger partial charge on any atom is -0.427 e. The summed E-state index contributed by atoms with van der Waals surface area (Å²) in [6, 6.07) is 1.67. The van der Waals surface area contributed by atoms with E-state index in [4.69, 9.17) is 4.42 Å². The van der Waals surface area contributed by atoms with Crippen molar-refractivity contribution in [2.24, 2.45) is 0 Å². The van der Waals surface area contributed by atoms with Gasteiger partial charge in [0.2, 0.25) is 0 Å². The second-order valence-corrected chi connectivity index (χ2v) is 6.10. The molecule has 7 nitrogen and oxygen atoms in total. The Labute approximate surface area is 134 Å². The molecule has 2 aliphatic rings. The molecule has 1 aromatic rings. The van der Waals surface area contributed by atoms with Crippen LogP contribution in [0.2, 0.25) is 0 Å². The zero-order valence-corrected chi connectivity index (χ0v) is 13.2. The lowest BCUT2D eigenvalue weighted by molar-refractivity contribution is 0.0944. The fourth-order valence-corrected chi connectivity index (χ4v) is 2.92. The Morgan fingerprint density at radius 1 is 1.43 bits per heavy atom. The summed E-state index contributed by atoms with van der Waals surface area (Å²) >= 11 is 0. The molecule has 0 bridgehead atoms. The van der Waals surface area contributed by atoms with Crippen LogP contribution in [-0.4, -0.2) is 43.0 Å². The van der Waals surface area contributed by atoms with Gasteiger partial charge in [0.25, 0.3) is 5.91 Å². The summed E-state index contributed by atoms with van der Waals surface area (Å²) in [6.07, 6.45) is 3.22. The molecule has 1 saturated carbocycles. The number of nitrogens with one attached hydrogen (secondary N) is 2. The van der Waals surface area contributed by atoms with E-state index in [2.05, 4.69) is 10.6 Å². The van der Waals surface area contributed by atoms with Crippen LogP contribution < -0.4 is 16.3 Å². The van der Waals surface area contributed by atoms with Crippen LogP contribution >= 0.6 is 0 Å². The molecule has 1 aliphatic heterocycles. The molecule has 0 radical (unpaired) electrons. The summed E-state index contributed by atoms with van der Waals surface area (Å²) in [4.78, 5) is 37.4. The lowest BCUT2D eigenvalue weighted by Crippen LogP contribution is -2.38. The SMILES string of the molecule is Cc1cc(C2CCC2)oc(=O)c1C(=O)NCCN1CCNC1=O. The van der Waals surface area contributed by atoms with Crippen molar-refractivity contribution in [3.8, 4) is 0 Å². The first-order chi connectivity index (χ1) is 11.1. The van der Waals surface area contributed by atoms with Gasteiger partial charge >= 0.3 is 11.7 Å². The Morgan fingerprint density at radius 2 is 2.22 bits per heavy atom. The molecule has 7 heteroatoms. The third-order valence-electron chi connectivity index (χ3n) is 4.51. The van der Waals surface area contributed by atoms with E-state index < -0.39 is 11.5 Å². The monoisotopic (exact) mass is 319 g/mol. The maximum absolute atomic E-state index is 12.2. The molecule has 1 saturated heterocycles. The van der Waals surface area contributed by atoms with Gasteiger partial charge in [-0.25, -0.2) is 9.59 Å². The highest BCUT2D eigenvalue weighted by Crippen LogP contribution is 2.36. The molecule has 2 heterocycles. The average molecular weight is 319 g/mol. The van der Waals surface area contributed by atoms with E-state index >= 15 is 0 Å². The number of hydrogen-bond acceptors (Lipinski definition) is 4. The Kier molecular flexibility index (Phi) is 4.36.